The lowest BCUT2D eigenvalue weighted by atomic mass is 10.2. The molecule has 8 heteroatoms. The molecule has 1 unspecified atom stereocenters. The van der Waals surface area contributed by atoms with Crippen molar-refractivity contribution in [3.05, 3.63) is 78.0 Å². The summed E-state index contributed by atoms with van der Waals surface area (Å²) in [5.41, 5.74) is 1.11. The van der Waals surface area contributed by atoms with Crippen LogP contribution in [-0.2, 0) is 11.3 Å². The van der Waals surface area contributed by atoms with Crippen LogP contribution in [0.15, 0.2) is 66.9 Å². The summed E-state index contributed by atoms with van der Waals surface area (Å²) in [6.45, 7) is 1.72. The number of carbonyl (C=O) groups excluding carboxylic acids is 1. The zero-order valence-corrected chi connectivity index (χ0v) is 17.1. The van der Waals surface area contributed by atoms with Crippen LogP contribution in [0.3, 0.4) is 0 Å². The van der Waals surface area contributed by atoms with Crippen LogP contribution in [0.25, 0.3) is 0 Å². The number of nitrogens with one attached hydrogen (secondary N) is 1. The highest BCUT2D eigenvalue weighted by Gasteiger charge is 2.15. The molecule has 1 atom stereocenters. The lowest BCUT2D eigenvalue weighted by molar-refractivity contribution is -0.144. The molecule has 0 saturated carbocycles. The second-order valence-electron chi connectivity index (χ2n) is 6.56. The molecule has 2 aromatic carbocycles. The predicted molar refractivity (Wildman–Crippen MR) is 113 cm³/mol. The molecule has 0 spiro atoms. The molecular weight excluding hydrogens is 400 g/mol. The van der Waals surface area contributed by atoms with Crippen molar-refractivity contribution in [1.29, 1.82) is 0 Å². The van der Waals surface area contributed by atoms with Gasteiger partial charge in [-0.2, -0.15) is 0 Å². The fourth-order valence-electron chi connectivity index (χ4n) is 2.64. The number of hydrogen-bond donors (Lipinski definition) is 2. The van der Waals surface area contributed by atoms with Crippen molar-refractivity contribution in [1.82, 2.24) is 10.3 Å². The molecule has 0 aliphatic carbocycles. The molecule has 0 fully saturated rings. The van der Waals surface area contributed by atoms with Gasteiger partial charge in [0.2, 0.25) is 5.88 Å². The Morgan fingerprint density at radius 2 is 1.77 bits per heavy atom. The summed E-state index contributed by atoms with van der Waals surface area (Å²) in [6.07, 6.45) is 0.600. The minimum absolute atomic E-state index is 0.180. The second kappa shape index (κ2) is 10.1. The van der Waals surface area contributed by atoms with E-state index in [4.69, 9.17) is 19.3 Å². The number of carbonyl (C=O) groups is 2. The number of pyridine rings is 1. The SMILES string of the molecule is COc1cccc(Oc2ncccc2C(=O)NCc2ccc(OC(C)C(=O)O)cc2)c1. The first-order chi connectivity index (χ1) is 15.0. The van der Waals surface area contributed by atoms with E-state index in [0.717, 1.165) is 5.56 Å². The maximum atomic E-state index is 12.7. The van der Waals surface area contributed by atoms with Gasteiger partial charge in [0.05, 0.1) is 7.11 Å². The summed E-state index contributed by atoms with van der Waals surface area (Å²) >= 11 is 0. The molecule has 0 saturated heterocycles. The summed E-state index contributed by atoms with van der Waals surface area (Å²) in [5, 5.41) is 11.7. The molecule has 0 radical (unpaired) electrons. The van der Waals surface area contributed by atoms with Crippen LogP contribution >= 0.6 is 0 Å². The Hall–Kier alpha value is -4.07. The van der Waals surface area contributed by atoms with Crippen molar-refractivity contribution in [2.75, 3.05) is 7.11 Å². The monoisotopic (exact) mass is 422 g/mol. The number of ether oxygens (including phenoxy) is 3. The number of carboxylic acid groups (broad SMARTS) is 1. The summed E-state index contributed by atoms with van der Waals surface area (Å²) in [5.74, 6) is 0.361. The number of rotatable bonds is 9. The highest BCUT2D eigenvalue weighted by Crippen LogP contribution is 2.26. The first kappa shape index (κ1) is 21.6. The van der Waals surface area contributed by atoms with Gasteiger partial charge in [-0.15, -0.1) is 0 Å². The Bertz CT molecular complexity index is 1050. The molecule has 0 aliphatic heterocycles. The van der Waals surface area contributed by atoms with Crippen LogP contribution in [0.2, 0.25) is 0 Å². The third kappa shape index (κ3) is 5.96. The van der Waals surface area contributed by atoms with E-state index < -0.39 is 12.1 Å². The number of aromatic nitrogens is 1. The molecular formula is C23H22N2O6. The molecule has 3 aromatic rings. The van der Waals surface area contributed by atoms with Crippen LogP contribution in [0.1, 0.15) is 22.8 Å². The molecule has 0 bridgehead atoms. The second-order valence-corrected chi connectivity index (χ2v) is 6.56. The number of methoxy groups -OCH3 is 1. The smallest absolute Gasteiger partial charge is 0.344 e. The van der Waals surface area contributed by atoms with Crippen LogP contribution < -0.4 is 19.5 Å². The fourth-order valence-corrected chi connectivity index (χ4v) is 2.64. The number of carboxylic acids is 1. The van der Waals surface area contributed by atoms with Crippen LogP contribution in [0.5, 0.6) is 23.1 Å². The average Bonchev–Trinajstić information content (AvgIpc) is 2.78. The third-order valence-corrected chi connectivity index (χ3v) is 4.31. The summed E-state index contributed by atoms with van der Waals surface area (Å²) in [6, 6.07) is 17.1. The average molecular weight is 422 g/mol. The van der Waals surface area contributed by atoms with Crippen LogP contribution in [-0.4, -0.2) is 35.2 Å². The van der Waals surface area contributed by atoms with Crippen LogP contribution in [0.4, 0.5) is 0 Å². The Labute approximate surface area is 179 Å². The highest BCUT2D eigenvalue weighted by molar-refractivity contribution is 5.96. The normalized spacial score (nSPS) is 11.3. The first-order valence-electron chi connectivity index (χ1n) is 9.50. The number of benzene rings is 2. The number of hydrogen-bond acceptors (Lipinski definition) is 6. The summed E-state index contributed by atoms with van der Waals surface area (Å²) in [7, 11) is 1.56. The van der Waals surface area contributed by atoms with Gasteiger partial charge in [0, 0.05) is 18.8 Å². The van der Waals surface area contributed by atoms with Crippen molar-refractivity contribution in [2.45, 2.75) is 19.6 Å². The standard InChI is InChI=1S/C23H22N2O6/c1-15(23(27)28)30-17-10-8-16(9-11-17)14-25-21(26)20-7-4-12-24-22(20)31-19-6-3-5-18(13-19)29-2/h3-13,15H,14H2,1-2H3,(H,25,26)(H,27,28). The van der Waals surface area contributed by atoms with Gasteiger partial charge in [0.15, 0.2) is 6.10 Å². The number of nitrogens with zero attached hydrogens (tertiary/aromatic N) is 1. The van der Waals surface area contributed by atoms with E-state index in [2.05, 4.69) is 10.3 Å². The van der Waals surface area contributed by atoms with E-state index in [0.29, 0.717) is 22.8 Å². The highest BCUT2D eigenvalue weighted by atomic mass is 16.5. The lowest BCUT2D eigenvalue weighted by Gasteiger charge is -2.12. The van der Waals surface area contributed by atoms with E-state index in [1.807, 2.05) is 0 Å². The minimum Gasteiger partial charge on any atom is -0.497 e. The first-order valence-corrected chi connectivity index (χ1v) is 9.50. The van der Waals surface area contributed by atoms with Crippen molar-refractivity contribution >= 4 is 11.9 Å². The maximum Gasteiger partial charge on any atom is 0.344 e. The van der Waals surface area contributed by atoms with E-state index in [1.54, 1.807) is 74.0 Å². The van der Waals surface area contributed by atoms with Gasteiger partial charge >= 0.3 is 5.97 Å². The van der Waals surface area contributed by atoms with Crippen LogP contribution in [0, 0.1) is 0 Å². The van der Waals surface area contributed by atoms with Gasteiger partial charge in [-0.25, -0.2) is 9.78 Å². The van der Waals surface area contributed by atoms with Gasteiger partial charge in [0.25, 0.3) is 5.91 Å². The largest absolute Gasteiger partial charge is 0.497 e. The van der Waals surface area contributed by atoms with Gasteiger partial charge in [-0.05, 0) is 48.9 Å². The van der Waals surface area contributed by atoms with Gasteiger partial charge in [0.1, 0.15) is 22.8 Å². The molecule has 8 nitrogen and oxygen atoms in total. The lowest BCUT2D eigenvalue weighted by Crippen LogP contribution is -2.24. The zero-order chi connectivity index (χ0) is 22.2. The molecule has 0 aliphatic rings. The Balaban J connectivity index is 1.64. The Morgan fingerprint density at radius 3 is 2.48 bits per heavy atom. The van der Waals surface area contributed by atoms with Gasteiger partial charge in [-0.3, -0.25) is 4.79 Å². The van der Waals surface area contributed by atoms with E-state index in [1.165, 1.54) is 6.92 Å². The quantitative estimate of drug-likeness (QED) is 0.542. The molecule has 31 heavy (non-hydrogen) atoms. The van der Waals surface area contributed by atoms with E-state index in [9.17, 15) is 9.59 Å². The summed E-state index contributed by atoms with van der Waals surface area (Å²) in [4.78, 5) is 27.7. The minimum atomic E-state index is -1.04. The number of amides is 1. The molecule has 2 N–H and O–H groups in total. The molecule has 1 aromatic heterocycles. The Kier molecular flexibility index (Phi) is 7.05. The number of aliphatic carboxylic acids is 1. The molecule has 3 rings (SSSR count). The van der Waals surface area contributed by atoms with E-state index >= 15 is 0 Å². The van der Waals surface area contributed by atoms with Gasteiger partial charge < -0.3 is 24.6 Å². The molecule has 1 heterocycles. The third-order valence-electron chi connectivity index (χ3n) is 4.31. The Morgan fingerprint density at radius 1 is 1.03 bits per heavy atom. The van der Waals surface area contributed by atoms with Crippen molar-refractivity contribution in [3.8, 4) is 23.1 Å². The van der Waals surface area contributed by atoms with Gasteiger partial charge in [-0.1, -0.05) is 18.2 Å². The maximum absolute atomic E-state index is 12.7. The van der Waals surface area contributed by atoms with Crippen molar-refractivity contribution in [2.24, 2.45) is 0 Å². The zero-order valence-electron chi connectivity index (χ0n) is 17.1. The topological polar surface area (TPSA) is 107 Å². The fraction of sp³-hybridized carbons (Fsp3) is 0.174. The van der Waals surface area contributed by atoms with Crippen molar-refractivity contribution in [3.63, 3.8) is 0 Å². The predicted octanol–water partition coefficient (Wildman–Crippen LogP) is 3.66. The van der Waals surface area contributed by atoms with Crippen molar-refractivity contribution < 1.29 is 28.9 Å². The molecule has 1 amide bonds. The van der Waals surface area contributed by atoms with E-state index in [-0.39, 0.29) is 18.3 Å². The summed E-state index contributed by atoms with van der Waals surface area (Å²) < 4.78 is 16.3. The molecule has 160 valence electrons.